The molecule has 0 amide bonds. The second-order valence-electron chi connectivity index (χ2n) is 1.80. The molecule has 0 aromatic carbocycles. The van der Waals surface area contributed by atoms with Gasteiger partial charge in [0.1, 0.15) is 0 Å². The van der Waals surface area contributed by atoms with E-state index in [4.69, 9.17) is 5.26 Å². The minimum Gasteiger partial charge on any atom is -0.247 e. The van der Waals surface area contributed by atoms with Crippen LogP contribution in [0, 0.1) is 17.2 Å². The minimum atomic E-state index is -3.78. The maximum atomic E-state index is 10.4. The molecule has 56 valence electrons. The Bertz CT molecular complexity index is 237. The summed E-state index contributed by atoms with van der Waals surface area (Å²) in [7, 11) is -3.78. The number of hydrogen-bond acceptors (Lipinski definition) is 5. The van der Waals surface area contributed by atoms with Crippen molar-refractivity contribution >= 4 is 10.4 Å². The lowest BCUT2D eigenvalue weighted by Crippen LogP contribution is -2.27. The van der Waals surface area contributed by atoms with Crippen LogP contribution < -0.4 is 0 Å². The Morgan fingerprint density at radius 1 is 1.40 bits per heavy atom. The van der Waals surface area contributed by atoms with E-state index in [2.05, 4.69) is 8.37 Å². The largest absolute Gasteiger partial charge is 0.399 e. The van der Waals surface area contributed by atoms with Crippen LogP contribution in [0.1, 0.15) is 0 Å². The number of nitrogens with zero attached hydrogens (tertiary/aromatic N) is 1. The van der Waals surface area contributed by atoms with Gasteiger partial charge in [0.2, 0.25) is 0 Å². The van der Waals surface area contributed by atoms with Gasteiger partial charge in [-0.05, 0) is 0 Å². The quantitative estimate of drug-likeness (QED) is 0.477. The fraction of sp³-hybridized carbons (Fsp3) is 0.750. The van der Waals surface area contributed by atoms with Gasteiger partial charge in [0.15, 0.2) is 0 Å². The van der Waals surface area contributed by atoms with Crippen molar-refractivity contribution < 1.29 is 16.8 Å². The first kappa shape index (κ1) is 7.47. The Morgan fingerprint density at radius 3 is 2.30 bits per heavy atom. The molecule has 0 saturated carbocycles. The fourth-order valence-electron chi connectivity index (χ4n) is 0.488. The highest BCUT2D eigenvalue weighted by molar-refractivity contribution is 7.81. The van der Waals surface area contributed by atoms with Gasteiger partial charge >= 0.3 is 10.4 Å². The zero-order valence-electron chi connectivity index (χ0n) is 4.98. The molecule has 0 unspecified atom stereocenters. The van der Waals surface area contributed by atoms with E-state index in [0.717, 1.165) is 0 Å². The highest BCUT2D eigenvalue weighted by Crippen LogP contribution is 2.10. The lowest BCUT2D eigenvalue weighted by Gasteiger charge is -2.14. The summed E-state index contributed by atoms with van der Waals surface area (Å²) in [6, 6.07) is 1.83. The first-order valence-electron chi connectivity index (χ1n) is 2.57. The number of hydrogen-bond donors (Lipinski definition) is 0. The first-order valence-corrected chi connectivity index (χ1v) is 3.91. The summed E-state index contributed by atoms with van der Waals surface area (Å²) in [5.41, 5.74) is 0. The van der Waals surface area contributed by atoms with Crippen molar-refractivity contribution in [1.82, 2.24) is 0 Å². The molecule has 1 fully saturated rings. The average Bonchev–Trinajstić information content (AvgIpc) is 1.88. The summed E-state index contributed by atoms with van der Waals surface area (Å²) >= 11 is 0. The van der Waals surface area contributed by atoms with E-state index >= 15 is 0 Å². The third-order valence-electron chi connectivity index (χ3n) is 1.01. The fourth-order valence-corrected chi connectivity index (χ4v) is 1.22. The molecule has 1 rings (SSSR count). The van der Waals surface area contributed by atoms with E-state index < -0.39 is 16.3 Å². The molecule has 10 heavy (non-hydrogen) atoms. The van der Waals surface area contributed by atoms with Crippen LogP contribution >= 0.6 is 0 Å². The van der Waals surface area contributed by atoms with E-state index in [1.165, 1.54) is 0 Å². The molecule has 0 aliphatic carbocycles. The maximum absolute atomic E-state index is 10.4. The van der Waals surface area contributed by atoms with Gasteiger partial charge in [-0.2, -0.15) is 13.7 Å². The Kier molecular flexibility index (Phi) is 1.89. The maximum Gasteiger partial charge on any atom is 0.399 e. The van der Waals surface area contributed by atoms with Crippen LogP contribution in [0.2, 0.25) is 0 Å². The highest BCUT2D eigenvalue weighted by Gasteiger charge is 2.24. The molecule has 0 aromatic rings. The molecule has 1 aliphatic rings. The van der Waals surface area contributed by atoms with Crippen LogP contribution in [0.5, 0.6) is 0 Å². The third kappa shape index (κ3) is 1.67. The Morgan fingerprint density at radius 2 is 1.90 bits per heavy atom. The van der Waals surface area contributed by atoms with Crippen LogP contribution in [0.4, 0.5) is 0 Å². The minimum absolute atomic E-state index is 0.0984. The van der Waals surface area contributed by atoms with Crippen LogP contribution in [-0.4, -0.2) is 21.6 Å². The molecule has 1 aliphatic heterocycles. The van der Waals surface area contributed by atoms with E-state index in [0.29, 0.717) is 0 Å². The summed E-state index contributed by atoms with van der Waals surface area (Å²) in [5, 5.41) is 8.26. The van der Waals surface area contributed by atoms with Gasteiger partial charge in [0, 0.05) is 0 Å². The van der Waals surface area contributed by atoms with Crippen LogP contribution in [0.15, 0.2) is 0 Å². The first-order chi connectivity index (χ1) is 4.64. The van der Waals surface area contributed by atoms with Crippen molar-refractivity contribution in [3.8, 4) is 6.07 Å². The Labute approximate surface area is 58.5 Å². The highest BCUT2D eigenvalue weighted by atomic mass is 32.3. The molecule has 1 heterocycles. The molecule has 1 saturated heterocycles. The smallest absolute Gasteiger partial charge is 0.247 e. The monoisotopic (exact) mass is 163 g/mol. The van der Waals surface area contributed by atoms with Crippen LogP contribution in [0.25, 0.3) is 0 Å². The SMILES string of the molecule is N#CC1COS(=O)(=O)OC1. The molecule has 0 bridgehead atoms. The number of nitriles is 1. The molecule has 0 atom stereocenters. The van der Waals surface area contributed by atoms with E-state index in [1.807, 2.05) is 6.07 Å². The number of rotatable bonds is 0. The van der Waals surface area contributed by atoms with E-state index in [1.54, 1.807) is 0 Å². The van der Waals surface area contributed by atoms with Crippen LogP contribution in [0.3, 0.4) is 0 Å². The Hall–Kier alpha value is -0.640. The van der Waals surface area contributed by atoms with Gasteiger partial charge in [-0.1, -0.05) is 0 Å². The average molecular weight is 163 g/mol. The molecule has 5 nitrogen and oxygen atoms in total. The van der Waals surface area contributed by atoms with Gasteiger partial charge in [0.05, 0.1) is 25.2 Å². The van der Waals surface area contributed by atoms with Gasteiger partial charge in [-0.3, -0.25) is 0 Å². The zero-order chi connectivity index (χ0) is 7.61. The molecular formula is C4H5NO4S. The molecule has 0 aromatic heterocycles. The summed E-state index contributed by atoms with van der Waals surface area (Å²) < 4.78 is 29.1. The van der Waals surface area contributed by atoms with Gasteiger partial charge < -0.3 is 0 Å². The third-order valence-corrected chi connectivity index (χ3v) is 1.86. The van der Waals surface area contributed by atoms with E-state index in [9.17, 15) is 8.42 Å². The topological polar surface area (TPSA) is 76.4 Å². The second-order valence-corrected chi connectivity index (χ2v) is 3.09. The lowest BCUT2D eigenvalue weighted by atomic mass is 10.2. The van der Waals surface area contributed by atoms with Gasteiger partial charge in [0.25, 0.3) is 0 Å². The van der Waals surface area contributed by atoms with E-state index in [-0.39, 0.29) is 13.2 Å². The molecule has 0 N–H and O–H groups in total. The van der Waals surface area contributed by atoms with Crippen molar-refractivity contribution in [1.29, 1.82) is 5.26 Å². The summed E-state index contributed by atoms with van der Waals surface area (Å²) in [6.07, 6.45) is 0. The second kappa shape index (κ2) is 2.54. The predicted molar refractivity (Wildman–Crippen MR) is 29.9 cm³/mol. The van der Waals surface area contributed by atoms with Crippen molar-refractivity contribution in [2.45, 2.75) is 0 Å². The van der Waals surface area contributed by atoms with Gasteiger partial charge in [-0.15, -0.1) is 0 Å². The molecular weight excluding hydrogens is 158 g/mol. The lowest BCUT2D eigenvalue weighted by molar-refractivity contribution is 0.127. The van der Waals surface area contributed by atoms with Crippen molar-refractivity contribution in [2.24, 2.45) is 5.92 Å². The molecule has 0 radical (unpaired) electrons. The summed E-state index contributed by atoms with van der Waals surface area (Å²) in [5.74, 6) is -0.469. The van der Waals surface area contributed by atoms with Crippen LogP contribution in [-0.2, 0) is 18.8 Å². The van der Waals surface area contributed by atoms with Crippen molar-refractivity contribution in [3.05, 3.63) is 0 Å². The van der Waals surface area contributed by atoms with Gasteiger partial charge in [-0.25, -0.2) is 8.37 Å². The standard InChI is InChI=1S/C4H5NO4S/c5-1-4-2-8-10(6,7)9-3-4/h4H,2-3H2. The summed E-state index contributed by atoms with van der Waals surface area (Å²) in [4.78, 5) is 0. The van der Waals surface area contributed by atoms with Crippen molar-refractivity contribution in [3.63, 3.8) is 0 Å². The molecule has 6 heteroatoms. The Balaban J connectivity index is 2.56. The zero-order valence-corrected chi connectivity index (χ0v) is 5.80. The predicted octanol–water partition coefficient (Wildman–Crippen LogP) is -0.582. The van der Waals surface area contributed by atoms with Crippen molar-refractivity contribution in [2.75, 3.05) is 13.2 Å². The normalized spacial score (nSPS) is 25.5. The molecule has 0 spiro atoms. The summed E-state index contributed by atoms with van der Waals surface area (Å²) in [6.45, 7) is -0.197.